The van der Waals surface area contributed by atoms with Crippen LogP contribution < -0.4 is 26.2 Å². The van der Waals surface area contributed by atoms with Gasteiger partial charge in [0.2, 0.25) is 0 Å². The summed E-state index contributed by atoms with van der Waals surface area (Å²) in [6.07, 6.45) is 8.07. The van der Waals surface area contributed by atoms with Crippen LogP contribution >= 0.6 is 11.6 Å². The number of rotatable bonds is 8. The first-order valence-corrected chi connectivity index (χ1v) is 28.7. The molecule has 6 heterocycles. The average Bonchev–Trinajstić information content (AvgIpc) is 1.16. The smallest absolute Gasteiger partial charge is 0.252 e. The van der Waals surface area contributed by atoms with Crippen molar-refractivity contribution in [2.75, 3.05) is 9.80 Å². The zero-order valence-corrected chi connectivity index (χ0v) is 45.9. The molecule has 0 radical (unpaired) electrons. The van der Waals surface area contributed by atoms with Gasteiger partial charge in [-0.1, -0.05) is 206 Å². The zero-order valence-electron chi connectivity index (χ0n) is 45.1. The summed E-state index contributed by atoms with van der Waals surface area (Å²) in [5.74, 6) is 0. The van der Waals surface area contributed by atoms with E-state index in [2.05, 4.69) is 240 Å². The van der Waals surface area contributed by atoms with E-state index in [4.69, 9.17) is 30.4 Å². The molecule has 17 rings (SSSR count). The van der Waals surface area contributed by atoms with Crippen LogP contribution in [0.15, 0.2) is 288 Å². The highest BCUT2D eigenvalue weighted by Gasteiger charge is 2.45. The number of furan rings is 2. The van der Waals surface area contributed by atoms with E-state index < -0.39 is 0 Å². The molecule has 0 atom stereocenters. The van der Waals surface area contributed by atoms with Crippen LogP contribution in [0.2, 0.25) is 5.02 Å². The molecular formula is C76H46BClN4O2. The van der Waals surface area contributed by atoms with Crippen molar-refractivity contribution in [3.05, 3.63) is 285 Å². The summed E-state index contributed by atoms with van der Waals surface area (Å²) in [6.45, 7) is -0.252. The molecule has 0 saturated heterocycles. The Balaban J connectivity index is 0.990. The first kappa shape index (κ1) is 48.0. The predicted octanol–water partition coefficient (Wildman–Crippen LogP) is 19.0. The van der Waals surface area contributed by atoms with Crippen LogP contribution in [0.5, 0.6) is 0 Å². The molecule has 6 nitrogen and oxygen atoms in total. The van der Waals surface area contributed by atoms with Crippen molar-refractivity contribution in [3.8, 4) is 66.8 Å². The van der Waals surface area contributed by atoms with E-state index in [1.54, 1.807) is 0 Å². The lowest BCUT2D eigenvalue weighted by Gasteiger charge is -2.45. The molecule has 0 unspecified atom stereocenters. The molecule has 0 amide bonds. The van der Waals surface area contributed by atoms with E-state index in [1.807, 2.05) is 49.1 Å². The molecule has 15 aromatic rings. The summed E-state index contributed by atoms with van der Waals surface area (Å²) >= 11 is 7.86. The average molecular weight is 1090 g/mol. The minimum Gasteiger partial charge on any atom is -0.456 e. The van der Waals surface area contributed by atoms with Gasteiger partial charge in [0.05, 0.1) is 11.4 Å². The second kappa shape index (κ2) is 19.2. The fraction of sp³-hybridized carbons (Fsp3) is 0. The first-order valence-electron chi connectivity index (χ1n) is 28.3. The Morgan fingerprint density at radius 1 is 0.298 bits per heavy atom. The number of halogens is 1. The summed E-state index contributed by atoms with van der Waals surface area (Å²) in [7, 11) is 0. The number of fused-ring (bicyclic) bond motifs is 10. The monoisotopic (exact) mass is 1090 g/mol. The number of anilines is 6. The number of benzene rings is 11. The highest BCUT2D eigenvalue weighted by Crippen LogP contribution is 2.54. The summed E-state index contributed by atoms with van der Waals surface area (Å²) in [6, 6.07) is 90.7. The van der Waals surface area contributed by atoms with Crippen LogP contribution in [0.1, 0.15) is 0 Å². The normalized spacial score (nSPS) is 12.5. The third-order valence-corrected chi connectivity index (χ3v) is 17.3. The van der Waals surface area contributed by atoms with Crippen molar-refractivity contribution >= 4 is 113 Å². The summed E-state index contributed by atoms with van der Waals surface area (Å²) in [5, 5.41) is 4.92. The molecule has 8 heteroatoms. The van der Waals surface area contributed by atoms with Gasteiger partial charge in [0.15, 0.2) is 0 Å². The zero-order chi connectivity index (χ0) is 55.4. The Hall–Kier alpha value is -10.7. The maximum atomic E-state index is 7.86. The molecule has 2 aliphatic rings. The van der Waals surface area contributed by atoms with E-state index >= 15 is 0 Å². The van der Waals surface area contributed by atoms with Crippen molar-refractivity contribution in [1.29, 1.82) is 0 Å². The second-order valence-corrected chi connectivity index (χ2v) is 22.2. The Bertz CT molecular complexity index is 4690. The third-order valence-electron chi connectivity index (χ3n) is 17.1. The van der Waals surface area contributed by atoms with Gasteiger partial charge in [0, 0.05) is 96.4 Å². The topological polar surface area (TPSA) is 58.5 Å². The van der Waals surface area contributed by atoms with Crippen molar-refractivity contribution in [2.24, 2.45) is 0 Å². The molecule has 84 heavy (non-hydrogen) atoms. The molecule has 392 valence electrons. The van der Waals surface area contributed by atoms with Crippen LogP contribution in [-0.2, 0) is 0 Å². The fourth-order valence-corrected chi connectivity index (χ4v) is 13.5. The Morgan fingerprint density at radius 3 is 1.02 bits per heavy atom. The maximum Gasteiger partial charge on any atom is 0.252 e. The lowest BCUT2D eigenvalue weighted by atomic mass is 9.33. The SMILES string of the molecule is Clc1cc2c3c(c1)N(c1c(-c4ccccc4)cncc1-c1ccccc1)c1cc(-c4ccc5oc6ccccc6c5c4)ccc1B3c1ccc(-c3ccc4oc5ccccc5c4c3)cc1N2c1c(-c2ccccc2)cncc1-c1ccccc1. The number of hydrogen-bond donors (Lipinski definition) is 0. The highest BCUT2D eigenvalue weighted by atomic mass is 35.5. The quantitative estimate of drug-likeness (QED) is 0.141. The van der Waals surface area contributed by atoms with E-state index in [0.29, 0.717) is 5.02 Å². The molecule has 0 fully saturated rings. The number of nitrogens with zero attached hydrogens (tertiary/aromatic N) is 4. The van der Waals surface area contributed by atoms with Gasteiger partial charge in [-0.15, -0.1) is 0 Å². The van der Waals surface area contributed by atoms with Gasteiger partial charge in [0.1, 0.15) is 22.3 Å². The van der Waals surface area contributed by atoms with Gasteiger partial charge in [-0.05, 0) is 122 Å². The lowest BCUT2D eigenvalue weighted by molar-refractivity contribution is 0.668. The molecule has 0 spiro atoms. The van der Waals surface area contributed by atoms with E-state index in [9.17, 15) is 0 Å². The number of para-hydroxylation sites is 2. The standard InChI is InChI=1S/C76H46BClN4O2/c78-55-41-68-74-69(42-55)82(76-62(49-21-9-3-10-22-49)45-80-46-63(76)50-23-11-4-12-24-50)67-40-54(52-32-36-73-59(38-52)57-26-14-16-28-71(57)84-73)30-34-65(67)77(74)64-33-29-53(51-31-35-72-58(37-51)56-25-13-15-27-70(56)83-72)39-66(64)81(68)75-60(47-17-5-1-6-18-47)43-79-44-61(75)48-19-7-2-8-20-48/h1-46H. The molecule has 0 bridgehead atoms. The van der Waals surface area contributed by atoms with Crippen LogP contribution in [0.4, 0.5) is 34.1 Å². The molecule has 0 N–H and O–H groups in total. The Morgan fingerprint density at radius 2 is 0.631 bits per heavy atom. The van der Waals surface area contributed by atoms with Gasteiger partial charge in [-0.25, -0.2) is 0 Å². The molecule has 11 aromatic carbocycles. The Labute approximate surface area is 489 Å². The first-order chi connectivity index (χ1) is 41.6. The highest BCUT2D eigenvalue weighted by molar-refractivity contribution is 7.00. The summed E-state index contributed by atoms with van der Waals surface area (Å²) < 4.78 is 12.8. The molecular weight excluding hydrogens is 1050 g/mol. The number of aromatic nitrogens is 2. The lowest BCUT2D eigenvalue weighted by Crippen LogP contribution is -2.61. The summed E-state index contributed by atoms with van der Waals surface area (Å²) in [5.41, 5.74) is 25.3. The minimum atomic E-state index is -0.252. The molecule has 0 saturated carbocycles. The molecule has 2 aliphatic heterocycles. The number of pyridine rings is 2. The van der Waals surface area contributed by atoms with Crippen molar-refractivity contribution < 1.29 is 8.83 Å². The van der Waals surface area contributed by atoms with E-state index in [0.717, 1.165) is 161 Å². The van der Waals surface area contributed by atoms with Gasteiger partial charge in [0.25, 0.3) is 6.71 Å². The van der Waals surface area contributed by atoms with Crippen LogP contribution in [0.3, 0.4) is 0 Å². The predicted molar refractivity (Wildman–Crippen MR) is 348 cm³/mol. The minimum absolute atomic E-state index is 0.252. The maximum absolute atomic E-state index is 7.86. The summed E-state index contributed by atoms with van der Waals surface area (Å²) in [4.78, 5) is 15.0. The van der Waals surface area contributed by atoms with Gasteiger partial charge in [-0.3, -0.25) is 9.97 Å². The molecule has 4 aromatic heterocycles. The van der Waals surface area contributed by atoms with Crippen molar-refractivity contribution in [1.82, 2.24) is 9.97 Å². The van der Waals surface area contributed by atoms with E-state index in [-0.39, 0.29) is 6.71 Å². The third kappa shape index (κ3) is 7.60. The molecule has 0 aliphatic carbocycles. The Kier molecular flexibility index (Phi) is 11.0. The van der Waals surface area contributed by atoms with Gasteiger partial charge in [-0.2, -0.15) is 0 Å². The van der Waals surface area contributed by atoms with Crippen LogP contribution in [0.25, 0.3) is 111 Å². The van der Waals surface area contributed by atoms with E-state index in [1.165, 1.54) is 0 Å². The van der Waals surface area contributed by atoms with Gasteiger partial charge < -0.3 is 18.6 Å². The van der Waals surface area contributed by atoms with Crippen molar-refractivity contribution in [3.63, 3.8) is 0 Å². The van der Waals surface area contributed by atoms with Crippen molar-refractivity contribution in [2.45, 2.75) is 0 Å². The largest absolute Gasteiger partial charge is 0.456 e. The van der Waals surface area contributed by atoms with Crippen LogP contribution in [0, 0.1) is 0 Å². The van der Waals surface area contributed by atoms with Gasteiger partial charge >= 0.3 is 0 Å². The fourth-order valence-electron chi connectivity index (χ4n) is 13.3. The second-order valence-electron chi connectivity index (χ2n) is 21.8. The number of hydrogen-bond acceptors (Lipinski definition) is 6. The van der Waals surface area contributed by atoms with Crippen LogP contribution in [-0.4, -0.2) is 16.7 Å².